The molecule has 0 amide bonds. The molecule has 0 aliphatic rings. The summed E-state index contributed by atoms with van der Waals surface area (Å²) in [6, 6.07) is 8.96. The zero-order valence-electron chi connectivity index (χ0n) is 10.1. The lowest BCUT2D eigenvalue weighted by molar-refractivity contribution is 0.0526. The first kappa shape index (κ1) is 15.4. The highest BCUT2D eigenvalue weighted by Gasteiger charge is 2.02. The Morgan fingerprint density at radius 1 is 1.22 bits per heavy atom. The van der Waals surface area contributed by atoms with Crippen molar-refractivity contribution in [2.45, 2.75) is 6.92 Å². The van der Waals surface area contributed by atoms with Crippen LogP contribution in [0.3, 0.4) is 0 Å². The fourth-order valence-electron chi connectivity index (χ4n) is 0.934. The molecule has 0 atom stereocenters. The lowest BCUT2D eigenvalue weighted by Gasteiger charge is -1.99. The second-order valence-corrected chi connectivity index (χ2v) is 3.04. The van der Waals surface area contributed by atoms with Crippen molar-refractivity contribution in [2.24, 2.45) is 11.5 Å². The van der Waals surface area contributed by atoms with E-state index in [1.807, 2.05) is 23.5 Å². The maximum atomic E-state index is 11.0. The van der Waals surface area contributed by atoms with Gasteiger partial charge in [0.15, 0.2) is 11.9 Å². The number of esters is 1. The van der Waals surface area contributed by atoms with Gasteiger partial charge in [-0.2, -0.15) is 0 Å². The Kier molecular flexibility index (Phi) is 7.34. The largest absolute Gasteiger partial charge is 0.462 e. The zero-order valence-corrected chi connectivity index (χ0v) is 10.1. The van der Waals surface area contributed by atoms with E-state index in [2.05, 4.69) is 0 Å². The molecule has 0 fully saturated rings. The van der Waals surface area contributed by atoms with Crippen LogP contribution in [0.2, 0.25) is 0 Å². The van der Waals surface area contributed by atoms with Crippen molar-refractivity contribution in [3.63, 3.8) is 0 Å². The average molecular weight is 251 g/mol. The molecule has 0 saturated heterocycles. The van der Waals surface area contributed by atoms with E-state index in [-0.39, 0.29) is 17.9 Å². The van der Waals surface area contributed by atoms with E-state index in [4.69, 9.17) is 27.0 Å². The maximum Gasteiger partial charge on any atom is 0.338 e. The van der Waals surface area contributed by atoms with Crippen molar-refractivity contribution in [1.29, 1.82) is 10.8 Å². The second kappa shape index (κ2) is 8.57. The Bertz CT molecular complexity index is 393. The van der Waals surface area contributed by atoms with Crippen molar-refractivity contribution in [2.75, 3.05) is 6.61 Å². The van der Waals surface area contributed by atoms with Crippen molar-refractivity contribution in [3.05, 3.63) is 35.9 Å². The standard InChI is InChI=1S/C9H10O2.C2H7N5/c1-2-11-9(10)8-6-4-3-5-7-8;3-1(4)7-2(5)6/h3-7H,2H2,1H3;(H7,3,4,5,6,7). The third-order valence-electron chi connectivity index (χ3n) is 1.55. The van der Waals surface area contributed by atoms with Crippen LogP contribution in [0.25, 0.3) is 0 Å². The highest BCUT2D eigenvalue weighted by Crippen LogP contribution is 1.99. The third-order valence-corrected chi connectivity index (χ3v) is 1.55. The van der Waals surface area contributed by atoms with Crippen LogP contribution in [0.15, 0.2) is 30.3 Å². The summed E-state index contributed by atoms with van der Waals surface area (Å²) in [5.41, 5.74) is 10.1. The van der Waals surface area contributed by atoms with E-state index in [1.165, 1.54) is 0 Å². The predicted molar refractivity (Wildman–Crippen MR) is 69.4 cm³/mol. The molecule has 98 valence electrons. The lowest BCUT2D eigenvalue weighted by atomic mass is 10.2. The van der Waals surface area contributed by atoms with Gasteiger partial charge in [-0.1, -0.05) is 18.2 Å². The van der Waals surface area contributed by atoms with Gasteiger partial charge in [0.25, 0.3) is 0 Å². The summed E-state index contributed by atoms with van der Waals surface area (Å²) >= 11 is 0. The molecule has 0 bridgehead atoms. The molecule has 0 spiro atoms. The number of nitrogens with two attached hydrogens (primary N) is 2. The van der Waals surface area contributed by atoms with Gasteiger partial charge in [-0.05, 0) is 19.1 Å². The zero-order chi connectivity index (χ0) is 14.0. The molecular formula is C11H17N5O2. The lowest BCUT2D eigenvalue weighted by Crippen LogP contribution is -2.39. The number of carbonyl (C=O) groups is 1. The van der Waals surface area contributed by atoms with Gasteiger partial charge >= 0.3 is 5.97 Å². The predicted octanol–water partition coefficient (Wildman–Crippen LogP) is 0.226. The molecule has 18 heavy (non-hydrogen) atoms. The molecule has 7 heteroatoms. The molecule has 1 aromatic rings. The number of nitrogens with one attached hydrogen (secondary N) is 3. The molecule has 1 rings (SSSR count). The van der Waals surface area contributed by atoms with Crippen LogP contribution in [0, 0.1) is 10.8 Å². The molecule has 1 aromatic carbocycles. The van der Waals surface area contributed by atoms with E-state index < -0.39 is 0 Å². The first-order chi connectivity index (χ1) is 8.47. The minimum absolute atomic E-state index is 0.256. The summed E-state index contributed by atoms with van der Waals surface area (Å²) in [7, 11) is 0. The SMILES string of the molecule is CCOC(=O)c1ccccc1.N=C(N)NC(=N)N. The van der Waals surface area contributed by atoms with Gasteiger partial charge in [0.05, 0.1) is 12.2 Å². The van der Waals surface area contributed by atoms with Crippen LogP contribution in [0.4, 0.5) is 0 Å². The summed E-state index contributed by atoms with van der Waals surface area (Å²) in [4.78, 5) is 11.0. The first-order valence-electron chi connectivity index (χ1n) is 5.14. The van der Waals surface area contributed by atoms with Crippen molar-refractivity contribution >= 4 is 17.9 Å². The molecule has 0 aliphatic heterocycles. The van der Waals surface area contributed by atoms with Crippen molar-refractivity contribution in [1.82, 2.24) is 5.32 Å². The van der Waals surface area contributed by atoms with Crippen molar-refractivity contribution < 1.29 is 9.53 Å². The number of hydrogen-bond acceptors (Lipinski definition) is 4. The van der Waals surface area contributed by atoms with Gasteiger partial charge in [0.1, 0.15) is 0 Å². The smallest absolute Gasteiger partial charge is 0.338 e. The summed E-state index contributed by atoms with van der Waals surface area (Å²) in [6.07, 6.45) is 0. The number of benzene rings is 1. The highest BCUT2D eigenvalue weighted by atomic mass is 16.5. The average Bonchev–Trinajstić information content (AvgIpc) is 2.29. The number of rotatable bonds is 2. The fourth-order valence-corrected chi connectivity index (χ4v) is 0.934. The number of carbonyl (C=O) groups excluding carboxylic acids is 1. The minimum atomic E-state index is -0.312. The third kappa shape index (κ3) is 7.69. The van der Waals surface area contributed by atoms with Crippen LogP contribution in [0.5, 0.6) is 0 Å². The summed E-state index contributed by atoms with van der Waals surface area (Å²) < 4.78 is 4.79. The van der Waals surface area contributed by atoms with E-state index in [0.717, 1.165) is 0 Å². The number of ether oxygens (including phenoxy) is 1. The number of hydrogen-bond donors (Lipinski definition) is 5. The molecule has 0 aliphatic carbocycles. The minimum Gasteiger partial charge on any atom is -0.462 e. The Balaban J connectivity index is 0.000000360. The molecule has 0 saturated carbocycles. The van der Waals surface area contributed by atoms with E-state index >= 15 is 0 Å². The van der Waals surface area contributed by atoms with E-state index in [0.29, 0.717) is 12.2 Å². The van der Waals surface area contributed by atoms with E-state index in [1.54, 1.807) is 19.1 Å². The highest BCUT2D eigenvalue weighted by molar-refractivity contribution is 5.93. The van der Waals surface area contributed by atoms with Crippen LogP contribution < -0.4 is 16.8 Å². The van der Waals surface area contributed by atoms with Gasteiger partial charge in [0.2, 0.25) is 0 Å². The van der Waals surface area contributed by atoms with Crippen LogP contribution >= 0.6 is 0 Å². The quantitative estimate of drug-likeness (QED) is 0.291. The topological polar surface area (TPSA) is 138 Å². The molecule has 7 N–H and O–H groups in total. The van der Waals surface area contributed by atoms with Crippen LogP contribution in [-0.4, -0.2) is 24.5 Å². The molecular weight excluding hydrogens is 234 g/mol. The summed E-state index contributed by atoms with van der Waals surface area (Å²) in [5, 5.41) is 15.0. The normalized spacial score (nSPS) is 8.50. The Hall–Kier alpha value is -2.57. The summed E-state index contributed by atoms with van der Waals surface area (Å²) in [5.74, 6) is -0.881. The number of guanidine groups is 2. The first-order valence-corrected chi connectivity index (χ1v) is 5.14. The van der Waals surface area contributed by atoms with E-state index in [9.17, 15) is 4.79 Å². The van der Waals surface area contributed by atoms with Crippen LogP contribution in [-0.2, 0) is 4.74 Å². The van der Waals surface area contributed by atoms with Crippen molar-refractivity contribution in [3.8, 4) is 0 Å². The Morgan fingerprint density at radius 3 is 2.06 bits per heavy atom. The van der Waals surface area contributed by atoms with Crippen LogP contribution in [0.1, 0.15) is 17.3 Å². The maximum absolute atomic E-state index is 11.0. The van der Waals surface area contributed by atoms with Gasteiger partial charge < -0.3 is 16.2 Å². The Labute approximate surface area is 105 Å². The second-order valence-electron chi connectivity index (χ2n) is 3.04. The molecule has 0 aromatic heterocycles. The molecule has 0 heterocycles. The molecule has 0 radical (unpaired) electrons. The monoisotopic (exact) mass is 251 g/mol. The molecule has 0 unspecified atom stereocenters. The summed E-state index contributed by atoms with van der Waals surface area (Å²) in [6.45, 7) is 2.22. The van der Waals surface area contributed by atoms with Gasteiger partial charge in [-0.15, -0.1) is 0 Å². The molecule has 7 nitrogen and oxygen atoms in total. The Morgan fingerprint density at radius 2 is 1.72 bits per heavy atom. The van der Waals surface area contributed by atoms with Gasteiger partial charge in [-0.25, -0.2) is 4.79 Å². The van der Waals surface area contributed by atoms with Gasteiger partial charge in [0, 0.05) is 0 Å². The van der Waals surface area contributed by atoms with Gasteiger partial charge in [-0.3, -0.25) is 16.1 Å². The fraction of sp³-hybridized carbons (Fsp3) is 0.182.